The minimum atomic E-state index is -3.57. The Labute approximate surface area is 149 Å². The van der Waals surface area contributed by atoms with Crippen LogP contribution in [0.1, 0.15) is 19.9 Å². The van der Waals surface area contributed by atoms with Crippen LogP contribution >= 0.6 is 11.6 Å². The van der Waals surface area contributed by atoms with Crippen molar-refractivity contribution in [3.8, 4) is 11.1 Å². The molecule has 25 heavy (non-hydrogen) atoms. The summed E-state index contributed by atoms with van der Waals surface area (Å²) in [5.74, 6) is 0. The Kier molecular flexibility index (Phi) is 3.33. The second kappa shape index (κ2) is 5.12. The molecule has 3 heterocycles. The number of sulfone groups is 1. The molecule has 2 aromatic heterocycles. The molecule has 0 radical (unpaired) electrons. The Balaban J connectivity index is 0.00000157. The Bertz CT molecular complexity index is 1200. The molecule has 1 aliphatic carbocycles. The van der Waals surface area contributed by atoms with Gasteiger partial charge in [-0.05, 0) is 18.6 Å². The lowest BCUT2D eigenvalue weighted by atomic mass is 10.1. The number of rotatable bonds is 1. The smallest absolute Gasteiger partial charge is 0.260 e. The van der Waals surface area contributed by atoms with Crippen molar-refractivity contribution in [2.75, 3.05) is 0 Å². The Hall–Kier alpha value is -2.25. The first kappa shape index (κ1) is 16.2. The summed E-state index contributed by atoms with van der Waals surface area (Å²) in [5.41, 5.74) is 1.14. The molecule has 1 aromatic carbocycles. The quantitative estimate of drug-likeness (QED) is 0.611. The molecule has 0 saturated heterocycles. The molecule has 6 nitrogen and oxygen atoms in total. The van der Waals surface area contributed by atoms with Gasteiger partial charge in [-0.2, -0.15) is 4.98 Å². The number of hydrogen-bond acceptors (Lipinski definition) is 5. The van der Waals surface area contributed by atoms with E-state index in [0.29, 0.717) is 33.6 Å². The fourth-order valence-electron chi connectivity index (χ4n) is 3.32. The third-order valence-corrected chi connectivity index (χ3v) is 6.94. The topological polar surface area (TPSA) is 81.9 Å². The van der Waals surface area contributed by atoms with Gasteiger partial charge in [-0.15, -0.1) is 0 Å². The van der Waals surface area contributed by atoms with E-state index in [2.05, 4.69) is 9.97 Å². The van der Waals surface area contributed by atoms with Gasteiger partial charge < -0.3 is 0 Å². The average Bonchev–Trinajstić information content (AvgIpc) is 3.35. The Morgan fingerprint density at radius 1 is 1.20 bits per heavy atom. The summed E-state index contributed by atoms with van der Waals surface area (Å²) >= 11 is 6.24. The van der Waals surface area contributed by atoms with Gasteiger partial charge in [0.2, 0.25) is 15.0 Å². The van der Waals surface area contributed by atoms with Gasteiger partial charge in [0.05, 0.1) is 11.3 Å². The van der Waals surface area contributed by atoms with Crippen molar-refractivity contribution in [2.24, 2.45) is 0 Å². The standard InChI is InChI=1S/C16H10ClN3O3S.CH4/c17-11-4-2-1-3-9(11)10-5-8-7-18-16-19-14(8)20(15(10)21)12-6-13(12)24(16,22)23;/h1-5,7,12-13H,6H2;1H4. The highest BCUT2D eigenvalue weighted by atomic mass is 35.5. The fourth-order valence-corrected chi connectivity index (χ4v) is 5.23. The third kappa shape index (κ3) is 2.09. The maximum atomic E-state index is 13.0. The van der Waals surface area contributed by atoms with Crippen molar-refractivity contribution < 1.29 is 8.42 Å². The molecule has 2 aliphatic rings. The number of nitrogens with zero attached hydrogens (tertiary/aromatic N) is 3. The van der Waals surface area contributed by atoms with E-state index in [1.54, 1.807) is 30.3 Å². The largest absolute Gasteiger partial charge is 0.288 e. The van der Waals surface area contributed by atoms with Crippen LogP contribution in [0.25, 0.3) is 22.2 Å². The van der Waals surface area contributed by atoms with Gasteiger partial charge in [0.1, 0.15) is 5.65 Å². The molecule has 2 atom stereocenters. The van der Waals surface area contributed by atoms with Crippen LogP contribution in [0.5, 0.6) is 0 Å². The Morgan fingerprint density at radius 2 is 1.96 bits per heavy atom. The lowest BCUT2D eigenvalue weighted by Crippen LogP contribution is -2.22. The highest BCUT2D eigenvalue weighted by molar-refractivity contribution is 7.92. The molecule has 128 valence electrons. The third-order valence-electron chi connectivity index (χ3n) is 4.60. The van der Waals surface area contributed by atoms with E-state index in [-0.39, 0.29) is 24.2 Å². The van der Waals surface area contributed by atoms with Crippen molar-refractivity contribution in [1.82, 2.24) is 14.5 Å². The number of halogens is 1. The maximum absolute atomic E-state index is 13.0. The molecule has 8 heteroatoms. The van der Waals surface area contributed by atoms with Gasteiger partial charge >= 0.3 is 0 Å². The van der Waals surface area contributed by atoms with Crippen molar-refractivity contribution in [1.29, 1.82) is 0 Å². The number of hydrogen-bond donors (Lipinski definition) is 0. The Morgan fingerprint density at radius 3 is 2.72 bits per heavy atom. The van der Waals surface area contributed by atoms with Gasteiger partial charge in [0.25, 0.3) is 5.56 Å². The summed E-state index contributed by atoms with van der Waals surface area (Å²) in [6, 6.07) is 8.36. The van der Waals surface area contributed by atoms with Crippen molar-refractivity contribution >= 4 is 32.5 Å². The van der Waals surface area contributed by atoms with Crippen LogP contribution < -0.4 is 5.56 Å². The number of fused-ring (bicyclic) bond motifs is 3. The van der Waals surface area contributed by atoms with Crippen molar-refractivity contribution in [2.45, 2.75) is 30.3 Å². The molecule has 0 amide bonds. The summed E-state index contributed by atoms with van der Waals surface area (Å²) in [6.45, 7) is 0. The van der Waals surface area contributed by atoms with Gasteiger partial charge in [0, 0.05) is 27.7 Å². The molecular formula is C17H14ClN3O3S. The van der Waals surface area contributed by atoms with Crippen LogP contribution in [0.2, 0.25) is 5.02 Å². The highest BCUT2D eigenvalue weighted by Crippen LogP contribution is 2.46. The molecule has 1 aliphatic heterocycles. The zero-order valence-electron chi connectivity index (χ0n) is 12.2. The van der Waals surface area contributed by atoms with Crippen LogP contribution in [0.3, 0.4) is 0 Å². The SMILES string of the molecule is C.O=c1c(-c2ccccc2Cl)cc2cnc3nc2n1C1CC1S3(=O)=O. The second-order valence-electron chi connectivity index (χ2n) is 6.03. The van der Waals surface area contributed by atoms with Crippen LogP contribution in [0, 0.1) is 0 Å². The summed E-state index contributed by atoms with van der Waals surface area (Å²) in [5, 5.41) is 0.266. The zero-order valence-corrected chi connectivity index (χ0v) is 13.8. The highest BCUT2D eigenvalue weighted by Gasteiger charge is 2.53. The lowest BCUT2D eigenvalue weighted by molar-refractivity contribution is 0.585. The molecule has 0 spiro atoms. The van der Waals surface area contributed by atoms with Crippen molar-refractivity contribution in [3.63, 3.8) is 0 Å². The molecule has 0 N–H and O–H groups in total. The van der Waals surface area contributed by atoms with Crippen LogP contribution in [-0.2, 0) is 9.84 Å². The number of aromatic nitrogens is 3. The molecule has 1 saturated carbocycles. The normalized spacial score (nSPS) is 22.1. The monoisotopic (exact) mass is 375 g/mol. The molecule has 1 fully saturated rings. The van der Waals surface area contributed by atoms with Gasteiger partial charge in [-0.3, -0.25) is 9.36 Å². The van der Waals surface area contributed by atoms with E-state index in [0.717, 1.165) is 0 Å². The first-order chi connectivity index (χ1) is 11.5. The van der Waals surface area contributed by atoms with Crippen LogP contribution in [-0.4, -0.2) is 28.2 Å². The predicted octanol–water partition coefficient (Wildman–Crippen LogP) is 2.85. The molecule has 2 unspecified atom stereocenters. The minimum absolute atomic E-state index is 0. The van der Waals surface area contributed by atoms with Gasteiger partial charge in [-0.25, -0.2) is 13.4 Å². The van der Waals surface area contributed by atoms with Gasteiger partial charge in [0.15, 0.2) is 0 Å². The van der Waals surface area contributed by atoms with E-state index in [9.17, 15) is 13.2 Å². The fraction of sp³-hybridized carbons (Fsp3) is 0.235. The number of benzene rings is 1. The van der Waals surface area contributed by atoms with Crippen molar-refractivity contribution in [3.05, 3.63) is 51.9 Å². The second-order valence-corrected chi connectivity index (χ2v) is 8.50. The first-order valence-electron chi connectivity index (χ1n) is 7.39. The molecule has 3 aromatic rings. The van der Waals surface area contributed by atoms with Crippen LogP contribution in [0.4, 0.5) is 0 Å². The summed E-state index contributed by atoms with van der Waals surface area (Å²) in [7, 11) is -3.57. The average molecular weight is 376 g/mol. The van der Waals surface area contributed by atoms with Crippen LogP contribution in [0.15, 0.2) is 46.5 Å². The summed E-state index contributed by atoms with van der Waals surface area (Å²) < 4.78 is 26.4. The summed E-state index contributed by atoms with van der Waals surface area (Å²) in [4.78, 5) is 21.2. The molecular weight excluding hydrogens is 362 g/mol. The molecule has 5 rings (SSSR count). The summed E-state index contributed by atoms with van der Waals surface area (Å²) in [6.07, 6.45) is 1.87. The van der Waals surface area contributed by atoms with E-state index in [1.807, 2.05) is 0 Å². The van der Waals surface area contributed by atoms with E-state index in [1.165, 1.54) is 10.8 Å². The molecule has 2 bridgehead atoms. The van der Waals surface area contributed by atoms with E-state index in [4.69, 9.17) is 11.6 Å². The predicted molar refractivity (Wildman–Crippen MR) is 95.6 cm³/mol. The minimum Gasteiger partial charge on any atom is -0.288 e. The lowest BCUT2D eigenvalue weighted by Gasteiger charge is -2.11. The van der Waals surface area contributed by atoms with E-state index >= 15 is 0 Å². The van der Waals surface area contributed by atoms with E-state index < -0.39 is 15.1 Å². The number of pyridine rings is 1. The zero-order chi connectivity index (χ0) is 16.6. The maximum Gasteiger partial charge on any atom is 0.260 e. The van der Waals surface area contributed by atoms with Gasteiger partial charge in [-0.1, -0.05) is 37.2 Å². The first-order valence-corrected chi connectivity index (χ1v) is 9.32.